The molecule has 1 aromatic carbocycles. The summed E-state index contributed by atoms with van der Waals surface area (Å²) >= 11 is 0. The van der Waals surface area contributed by atoms with Crippen LogP contribution >= 0.6 is 0 Å². The number of hydrogen-bond acceptors (Lipinski definition) is 1. The van der Waals surface area contributed by atoms with E-state index in [2.05, 4.69) is 71.1 Å². The Labute approximate surface area is 131 Å². The molecular weight excluding hydrogens is 254 g/mol. The zero-order chi connectivity index (χ0) is 15.6. The number of nitrogens with one attached hydrogen (secondary N) is 1. The maximum Gasteiger partial charge on any atom is 0.0374 e. The lowest BCUT2D eigenvalue weighted by atomic mass is 9.70. The smallest absolute Gasteiger partial charge is 0.0374 e. The van der Waals surface area contributed by atoms with E-state index in [0.717, 1.165) is 24.3 Å². The largest absolute Gasteiger partial charge is 0.309 e. The SMILES string of the molecule is CC(C)C(CNC1c2ccccc2CCC1(C)C)C(C)C. The average Bonchev–Trinajstić information content (AvgIpc) is 2.40. The maximum atomic E-state index is 3.93. The minimum atomic E-state index is 0.340. The molecule has 0 spiro atoms. The van der Waals surface area contributed by atoms with E-state index < -0.39 is 0 Å². The van der Waals surface area contributed by atoms with Crippen molar-refractivity contribution < 1.29 is 0 Å². The fourth-order valence-corrected chi connectivity index (χ4v) is 3.95. The van der Waals surface area contributed by atoms with Gasteiger partial charge >= 0.3 is 0 Å². The summed E-state index contributed by atoms with van der Waals surface area (Å²) in [6, 6.07) is 9.49. The Morgan fingerprint density at radius 1 is 1.10 bits per heavy atom. The van der Waals surface area contributed by atoms with Gasteiger partial charge in [-0.2, -0.15) is 0 Å². The molecule has 0 aliphatic heterocycles. The van der Waals surface area contributed by atoms with Crippen molar-refractivity contribution >= 4 is 0 Å². The molecule has 0 heterocycles. The van der Waals surface area contributed by atoms with Crippen molar-refractivity contribution in [2.75, 3.05) is 6.54 Å². The van der Waals surface area contributed by atoms with E-state index in [1.807, 2.05) is 0 Å². The molecular formula is C20H33N. The average molecular weight is 287 g/mol. The molecule has 0 aromatic heterocycles. The van der Waals surface area contributed by atoms with Crippen LogP contribution in [0.4, 0.5) is 0 Å². The molecule has 0 bridgehead atoms. The first-order chi connectivity index (χ1) is 9.83. The number of benzene rings is 1. The number of hydrogen-bond donors (Lipinski definition) is 1. The molecule has 0 fully saturated rings. The molecule has 1 heteroatoms. The normalized spacial score (nSPS) is 21.1. The zero-order valence-electron chi connectivity index (χ0n) is 14.7. The van der Waals surface area contributed by atoms with Gasteiger partial charge in [0, 0.05) is 6.04 Å². The second-order valence-corrected chi connectivity index (χ2v) is 8.18. The Hall–Kier alpha value is -0.820. The van der Waals surface area contributed by atoms with Crippen LogP contribution in [0.3, 0.4) is 0 Å². The van der Waals surface area contributed by atoms with Crippen LogP contribution < -0.4 is 5.32 Å². The molecule has 0 amide bonds. The Morgan fingerprint density at radius 2 is 1.71 bits per heavy atom. The number of aryl methyl sites for hydroxylation is 1. The lowest BCUT2D eigenvalue weighted by Gasteiger charge is -2.42. The van der Waals surface area contributed by atoms with Crippen LogP contribution in [-0.4, -0.2) is 6.54 Å². The Kier molecular flexibility index (Phi) is 5.14. The number of fused-ring (bicyclic) bond motifs is 1. The zero-order valence-corrected chi connectivity index (χ0v) is 14.7. The van der Waals surface area contributed by atoms with Gasteiger partial charge in [-0.3, -0.25) is 0 Å². The summed E-state index contributed by atoms with van der Waals surface area (Å²) in [5, 5.41) is 3.93. The highest BCUT2D eigenvalue weighted by molar-refractivity contribution is 5.34. The standard InChI is InChI=1S/C20H33N/c1-14(2)18(15(3)4)13-21-19-17-10-8-7-9-16(17)11-12-20(19,5)6/h7-10,14-15,18-19,21H,11-13H2,1-6H3. The third-order valence-electron chi connectivity index (χ3n) is 5.46. The van der Waals surface area contributed by atoms with Crippen LogP contribution in [-0.2, 0) is 6.42 Å². The van der Waals surface area contributed by atoms with Crippen molar-refractivity contribution in [3.05, 3.63) is 35.4 Å². The van der Waals surface area contributed by atoms with Crippen molar-refractivity contribution in [3.63, 3.8) is 0 Å². The highest BCUT2D eigenvalue weighted by Crippen LogP contribution is 2.43. The molecule has 1 unspecified atom stereocenters. The van der Waals surface area contributed by atoms with Crippen LogP contribution in [0.1, 0.15) is 65.1 Å². The van der Waals surface area contributed by atoms with Gasteiger partial charge in [-0.05, 0) is 53.7 Å². The summed E-state index contributed by atoms with van der Waals surface area (Å²) in [5.41, 5.74) is 3.41. The molecule has 0 radical (unpaired) electrons. The molecule has 21 heavy (non-hydrogen) atoms. The van der Waals surface area contributed by atoms with Crippen molar-refractivity contribution in [3.8, 4) is 0 Å². The molecule has 0 saturated carbocycles. The molecule has 1 N–H and O–H groups in total. The lowest BCUT2D eigenvalue weighted by molar-refractivity contribution is 0.181. The first-order valence-corrected chi connectivity index (χ1v) is 8.64. The van der Waals surface area contributed by atoms with Gasteiger partial charge in [0.15, 0.2) is 0 Å². The van der Waals surface area contributed by atoms with Crippen LogP contribution in [0, 0.1) is 23.2 Å². The molecule has 1 atom stereocenters. The van der Waals surface area contributed by atoms with Crippen molar-refractivity contribution in [2.45, 2.75) is 60.4 Å². The van der Waals surface area contributed by atoms with Gasteiger partial charge in [-0.25, -0.2) is 0 Å². The fourth-order valence-electron chi connectivity index (χ4n) is 3.95. The highest BCUT2D eigenvalue weighted by Gasteiger charge is 2.35. The van der Waals surface area contributed by atoms with Crippen molar-refractivity contribution in [1.82, 2.24) is 5.32 Å². The van der Waals surface area contributed by atoms with Gasteiger partial charge in [0.25, 0.3) is 0 Å². The predicted octanol–water partition coefficient (Wildman–Crippen LogP) is 5.22. The predicted molar refractivity (Wildman–Crippen MR) is 92.5 cm³/mol. The first kappa shape index (κ1) is 16.5. The van der Waals surface area contributed by atoms with Crippen molar-refractivity contribution in [2.24, 2.45) is 23.2 Å². The Balaban J connectivity index is 2.17. The van der Waals surface area contributed by atoms with E-state index >= 15 is 0 Å². The fraction of sp³-hybridized carbons (Fsp3) is 0.700. The molecule has 0 saturated heterocycles. The summed E-state index contributed by atoms with van der Waals surface area (Å²) < 4.78 is 0. The van der Waals surface area contributed by atoms with Crippen LogP contribution in [0.2, 0.25) is 0 Å². The Bertz CT molecular complexity index is 451. The van der Waals surface area contributed by atoms with E-state index in [9.17, 15) is 0 Å². The molecule has 118 valence electrons. The third kappa shape index (κ3) is 3.69. The van der Waals surface area contributed by atoms with Crippen LogP contribution in [0.5, 0.6) is 0 Å². The first-order valence-electron chi connectivity index (χ1n) is 8.64. The monoisotopic (exact) mass is 287 g/mol. The summed E-state index contributed by atoms with van der Waals surface area (Å²) in [6.45, 7) is 15.4. The van der Waals surface area contributed by atoms with Gasteiger partial charge in [0.05, 0.1) is 0 Å². The van der Waals surface area contributed by atoms with Gasteiger partial charge in [-0.1, -0.05) is 65.8 Å². The van der Waals surface area contributed by atoms with E-state index in [1.54, 1.807) is 5.56 Å². The Morgan fingerprint density at radius 3 is 2.33 bits per heavy atom. The topological polar surface area (TPSA) is 12.0 Å². The third-order valence-corrected chi connectivity index (χ3v) is 5.46. The molecule has 1 nitrogen and oxygen atoms in total. The summed E-state index contributed by atoms with van der Waals surface area (Å²) in [7, 11) is 0. The summed E-state index contributed by atoms with van der Waals surface area (Å²) in [4.78, 5) is 0. The molecule has 2 rings (SSSR count). The second kappa shape index (κ2) is 6.52. The lowest BCUT2D eigenvalue weighted by Crippen LogP contribution is -2.41. The second-order valence-electron chi connectivity index (χ2n) is 8.18. The van der Waals surface area contributed by atoms with Crippen molar-refractivity contribution in [1.29, 1.82) is 0 Å². The van der Waals surface area contributed by atoms with E-state index in [4.69, 9.17) is 0 Å². The molecule has 1 aliphatic carbocycles. The molecule has 1 aliphatic rings. The van der Waals surface area contributed by atoms with Gasteiger partial charge < -0.3 is 5.32 Å². The van der Waals surface area contributed by atoms with E-state index in [1.165, 1.54) is 18.4 Å². The summed E-state index contributed by atoms with van der Waals surface area (Å²) in [5.74, 6) is 2.22. The van der Waals surface area contributed by atoms with Crippen LogP contribution in [0.25, 0.3) is 0 Å². The summed E-state index contributed by atoms with van der Waals surface area (Å²) in [6.07, 6.45) is 2.49. The minimum Gasteiger partial charge on any atom is -0.309 e. The van der Waals surface area contributed by atoms with E-state index in [-0.39, 0.29) is 0 Å². The minimum absolute atomic E-state index is 0.340. The number of rotatable bonds is 5. The van der Waals surface area contributed by atoms with Gasteiger partial charge in [-0.15, -0.1) is 0 Å². The van der Waals surface area contributed by atoms with Gasteiger partial charge in [0.2, 0.25) is 0 Å². The maximum absolute atomic E-state index is 3.93. The van der Waals surface area contributed by atoms with E-state index in [0.29, 0.717) is 11.5 Å². The van der Waals surface area contributed by atoms with Gasteiger partial charge in [0.1, 0.15) is 0 Å². The quantitative estimate of drug-likeness (QED) is 0.783. The molecule has 1 aromatic rings. The van der Waals surface area contributed by atoms with Crippen LogP contribution in [0.15, 0.2) is 24.3 Å². The highest BCUT2D eigenvalue weighted by atomic mass is 14.9.